The maximum absolute atomic E-state index is 12.4. The summed E-state index contributed by atoms with van der Waals surface area (Å²) in [5.74, 6) is 0.0288. The quantitative estimate of drug-likeness (QED) is 0.839. The van der Waals surface area contributed by atoms with E-state index in [1.807, 2.05) is 6.92 Å². The lowest BCUT2D eigenvalue weighted by molar-refractivity contribution is 0.0299. The van der Waals surface area contributed by atoms with Crippen LogP contribution < -0.4 is 5.73 Å². The van der Waals surface area contributed by atoms with Crippen molar-refractivity contribution in [2.75, 3.05) is 18.8 Å². The first-order valence-electron chi connectivity index (χ1n) is 6.61. The van der Waals surface area contributed by atoms with E-state index in [2.05, 4.69) is 0 Å². The molecule has 20 heavy (non-hydrogen) atoms. The van der Waals surface area contributed by atoms with Gasteiger partial charge in [-0.3, -0.25) is 4.79 Å². The van der Waals surface area contributed by atoms with Gasteiger partial charge in [0.1, 0.15) is 5.58 Å². The van der Waals surface area contributed by atoms with E-state index in [1.165, 1.54) is 0 Å². The van der Waals surface area contributed by atoms with E-state index in [0.29, 0.717) is 17.8 Å². The predicted molar refractivity (Wildman–Crippen MR) is 78.5 cm³/mol. The molecule has 0 aliphatic rings. The zero-order valence-corrected chi connectivity index (χ0v) is 12.0. The number of likely N-dealkylation sites (N-methyl/N-ethyl adjacent to an activating group) is 1. The highest BCUT2D eigenvalue weighted by Gasteiger charge is 2.24. The molecule has 0 radical (unpaired) electrons. The molecule has 0 bridgehead atoms. The summed E-state index contributed by atoms with van der Waals surface area (Å²) in [5, 5.41) is 10.6. The van der Waals surface area contributed by atoms with Crippen molar-refractivity contribution in [2.45, 2.75) is 26.4 Å². The summed E-state index contributed by atoms with van der Waals surface area (Å²) in [5.41, 5.74) is 6.02. The second-order valence-corrected chi connectivity index (χ2v) is 5.54. The highest BCUT2D eigenvalue weighted by atomic mass is 16.3. The molecular weight excluding hydrogens is 256 g/mol. The van der Waals surface area contributed by atoms with Gasteiger partial charge in [0.25, 0.3) is 5.91 Å². The molecule has 0 fully saturated rings. The van der Waals surface area contributed by atoms with Crippen molar-refractivity contribution in [3.05, 3.63) is 30.0 Å². The standard InChI is InChI=1S/C15H20N2O3/c1-4-17(9-15(2,3)19)14(18)13-8-10-7-11(16)5-6-12(10)20-13/h5-8,19H,4,9,16H2,1-3H3. The number of furan rings is 1. The van der Waals surface area contributed by atoms with Crippen molar-refractivity contribution < 1.29 is 14.3 Å². The Balaban J connectivity index is 2.29. The third kappa shape index (κ3) is 3.11. The number of amides is 1. The van der Waals surface area contributed by atoms with Gasteiger partial charge in [-0.05, 0) is 45.0 Å². The zero-order valence-electron chi connectivity index (χ0n) is 12.0. The van der Waals surface area contributed by atoms with E-state index >= 15 is 0 Å². The minimum absolute atomic E-state index is 0.232. The average Bonchev–Trinajstić information content (AvgIpc) is 2.76. The van der Waals surface area contributed by atoms with Gasteiger partial charge in [-0.1, -0.05) is 0 Å². The number of hydrogen-bond donors (Lipinski definition) is 2. The van der Waals surface area contributed by atoms with Gasteiger partial charge in [0.2, 0.25) is 0 Å². The SMILES string of the molecule is CCN(CC(C)(C)O)C(=O)c1cc2cc(N)ccc2o1. The van der Waals surface area contributed by atoms with Crippen molar-refractivity contribution in [1.29, 1.82) is 0 Å². The number of nitrogen functional groups attached to an aromatic ring is 1. The Morgan fingerprint density at radius 3 is 2.70 bits per heavy atom. The number of hydrogen-bond acceptors (Lipinski definition) is 4. The maximum Gasteiger partial charge on any atom is 0.289 e. The van der Waals surface area contributed by atoms with E-state index in [4.69, 9.17) is 10.2 Å². The van der Waals surface area contributed by atoms with Crippen LogP contribution in [0.5, 0.6) is 0 Å². The van der Waals surface area contributed by atoms with Crippen LogP contribution in [0.25, 0.3) is 11.0 Å². The minimum Gasteiger partial charge on any atom is -0.451 e. The van der Waals surface area contributed by atoms with Crippen LogP contribution in [0.4, 0.5) is 5.69 Å². The summed E-state index contributed by atoms with van der Waals surface area (Å²) >= 11 is 0. The molecule has 0 spiro atoms. The maximum atomic E-state index is 12.4. The molecule has 0 aliphatic carbocycles. The van der Waals surface area contributed by atoms with Crippen LogP contribution in [0.3, 0.4) is 0 Å². The number of nitrogens with zero attached hydrogens (tertiary/aromatic N) is 1. The molecule has 108 valence electrons. The third-order valence-corrected chi connectivity index (χ3v) is 3.00. The monoisotopic (exact) mass is 276 g/mol. The zero-order chi connectivity index (χ0) is 14.9. The molecule has 2 aromatic rings. The van der Waals surface area contributed by atoms with Crippen LogP contribution in [-0.2, 0) is 0 Å². The summed E-state index contributed by atoms with van der Waals surface area (Å²) in [7, 11) is 0. The van der Waals surface area contributed by atoms with Crippen LogP contribution in [0.1, 0.15) is 31.3 Å². The van der Waals surface area contributed by atoms with E-state index in [0.717, 1.165) is 5.39 Å². The highest BCUT2D eigenvalue weighted by molar-refractivity contribution is 5.96. The summed E-state index contributed by atoms with van der Waals surface area (Å²) in [4.78, 5) is 14.0. The van der Waals surface area contributed by atoms with Gasteiger partial charge in [0.05, 0.1) is 5.60 Å². The van der Waals surface area contributed by atoms with Gasteiger partial charge in [-0.25, -0.2) is 0 Å². The lowest BCUT2D eigenvalue weighted by Gasteiger charge is -2.27. The number of rotatable bonds is 4. The van der Waals surface area contributed by atoms with Crippen molar-refractivity contribution in [3.63, 3.8) is 0 Å². The van der Waals surface area contributed by atoms with Gasteiger partial charge in [0.15, 0.2) is 5.76 Å². The highest BCUT2D eigenvalue weighted by Crippen LogP contribution is 2.23. The fourth-order valence-corrected chi connectivity index (χ4v) is 2.12. The first kappa shape index (κ1) is 14.4. The molecule has 0 aliphatic heterocycles. The summed E-state index contributed by atoms with van der Waals surface area (Å²) in [6.07, 6.45) is 0. The molecular formula is C15H20N2O3. The van der Waals surface area contributed by atoms with Crippen LogP contribution in [0, 0.1) is 0 Å². The smallest absolute Gasteiger partial charge is 0.289 e. The number of fused-ring (bicyclic) bond motifs is 1. The number of nitrogens with two attached hydrogens (primary N) is 1. The van der Waals surface area contributed by atoms with Gasteiger partial charge >= 0.3 is 0 Å². The van der Waals surface area contributed by atoms with E-state index in [9.17, 15) is 9.90 Å². The van der Waals surface area contributed by atoms with E-state index in [1.54, 1.807) is 43.0 Å². The molecule has 1 aromatic carbocycles. The second kappa shape index (κ2) is 5.17. The van der Waals surface area contributed by atoms with Gasteiger partial charge in [-0.2, -0.15) is 0 Å². The molecule has 0 saturated carbocycles. The Kier molecular flexibility index (Phi) is 3.72. The normalized spacial score (nSPS) is 11.8. The van der Waals surface area contributed by atoms with Crippen molar-refractivity contribution in [3.8, 4) is 0 Å². The molecule has 0 unspecified atom stereocenters. The Morgan fingerprint density at radius 1 is 1.40 bits per heavy atom. The van der Waals surface area contributed by atoms with Gasteiger partial charge < -0.3 is 20.2 Å². The summed E-state index contributed by atoms with van der Waals surface area (Å²) in [6, 6.07) is 6.92. The van der Waals surface area contributed by atoms with Crippen LogP contribution in [0.15, 0.2) is 28.7 Å². The lowest BCUT2D eigenvalue weighted by atomic mass is 10.1. The number of carbonyl (C=O) groups excluding carboxylic acids is 1. The minimum atomic E-state index is -0.942. The van der Waals surface area contributed by atoms with Crippen molar-refractivity contribution in [1.82, 2.24) is 4.90 Å². The molecule has 0 saturated heterocycles. The third-order valence-electron chi connectivity index (χ3n) is 3.00. The number of benzene rings is 1. The molecule has 1 heterocycles. The largest absolute Gasteiger partial charge is 0.451 e. The fraction of sp³-hybridized carbons (Fsp3) is 0.400. The van der Waals surface area contributed by atoms with Gasteiger partial charge in [-0.15, -0.1) is 0 Å². The topological polar surface area (TPSA) is 79.7 Å². The fourth-order valence-electron chi connectivity index (χ4n) is 2.12. The molecule has 0 atom stereocenters. The molecule has 1 aromatic heterocycles. The molecule has 2 rings (SSSR count). The Hall–Kier alpha value is -2.01. The summed E-state index contributed by atoms with van der Waals surface area (Å²) < 4.78 is 5.55. The van der Waals surface area contributed by atoms with Crippen LogP contribution >= 0.6 is 0 Å². The predicted octanol–water partition coefficient (Wildman–Crippen LogP) is 2.25. The summed E-state index contributed by atoms with van der Waals surface area (Å²) in [6.45, 7) is 5.96. The average molecular weight is 276 g/mol. The number of carbonyl (C=O) groups is 1. The first-order chi connectivity index (χ1) is 9.30. The lowest BCUT2D eigenvalue weighted by Crippen LogP contribution is -2.42. The van der Waals surface area contributed by atoms with Crippen molar-refractivity contribution in [2.24, 2.45) is 0 Å². The Morgan fingerprint density at radius 2 is 2.10 bits per heavy atom. The molecule has 5 heteroatoms. The van der Waals surface area contributed by atoms with Crippen LogP contribution in [-0.4, -0.2) is 34.6 Å². The Bertz CT molecular complexity index is 626. The van der Waals surface area contributed by atoms with Gasteiger partial charge in [0, 0.05) is 24.2 Å². The number of anilines is 1. The molecule has 3 N–H and O–H groups in total. The first-order valence-corrected chi connectivity index (χ1v) is 6.61. The number of aliphatic hydroxyl groups is 1. The second-order valence-electron chi connectivity index (χ2n) is 5.54. The Labute approximate surface area is 118 Å². The van der Waals surface area contributed by atoms with Crippen LogP contribution in [0.2, 0.25) is 0 Å². The van der Waals surface area contributed by atoms with Crippen molar-refractivity contribution >= 4 is 22.6 Å². The molecule has 1 amide bonds. The van der Waals surface area contributed by atoms with E-state index in [-0.39, 0.29) is 18.2 Å². The molecule has 5 nitrogen and oxygen atoms in total. The van der Waals surface area contributed by atoms with E-state index < -0.39 is 5.60 Å².